The second kappa shape index (κ2) is 34.1. The van der Waals surface area contributed by atoms with Crippen molar-refractivity contribution in [3.8, 4) is 111 Å². The first-order valence-electron chi connectivity index (χ1n) is 20.6. The van der Waals surface area contributed by atoms with E-state index in [4.69, 9.17) is 135 Å². The van der Waals surface area contributed by atoms with Gasteiger partial charge in [0.2, 0.25) is 0 Å². The Hall–Kier alpha value is -7.20. The Morgan fingerprint density at radius 1 is 0.348 bits per heavy atom. The summed E-state index contributed by atoms with van der Waals surface area (Å²) in [5, 5.41) is 3.77. The minimum absolute atomic E-state index is 0.0647. The van der Waals surface area contributed by atoms with Crippen LogP contribution < -0.4 is 34.7 Å². The molecule has 0 bridgehead atoms. The Morgan fingerprint density at radius 3 is 0.623 bits per heavy atom. The number of ether oxygens (including phenoxy) is 9. The number of hydrogen-bond donors (Lipinski definition) is 6. The van der Waals surface area contributed by atoms with E-state index in [0.29, 0.717) is 16.7 Å². The SMILES string of the molecule is C#CCOCC(COCC#C)(COCC#C)N(N)/C=C(\N)c1cc(/C(N)=C/N(N)C(COCC#C)(COCC#C)COCC#C)cc(/C(N)=C/N(N)C(COCC#C)(COCC#C)COCC#C)c1. The van der Waals surface area contributed by atoms with Crippen LogP contribution in [0.1, 0.15) is 16.7 Å². The van der Waals surface area contributed by atoms with Crippen LogP contribution in [0.2, 0.25) is 0 Å². The second-order valence-electron chi connectivity index (χ2n) is 14.7. The van der Waals surface area contributed by atoms with Crippen molar-refractivity contribution < 1.29 is 42.6 Å². The van der Waals surface area contributed by atoms with Crippen molar-refractivity contribution in [3.05, 3.63) is 53.5 Å². The van der Waals surface area contributed by atoms with E-state index in [1.807, 2.05) is 0 Å². The molecule has 1 aromatic carbocycles. The van der Waals surface area contributed by atoms with Gasteiger partial charge in [-0.25, -0.2) is 17.5 Å². The van der Waals surface area contributed by atoms with Crippen molar-refractivity contribution in [1.82, 2.24) is 15.0 Å². The highest BCUT2D eigenvalue weighted by atomic mass is 16.5. The summed E-state index contributed by atoms with van der Waals surface area (Å²) in [5.74, 6) is 42.1. The van der Waals surface area contributed by atoms with Crippen LogP contribution in [0.3, 0.4) is 0 Å². The summed E-state index contributed by atoms with van der Waals surface area (Å²) in [6.07, 6.45) is 53.6. The summed E-state index contributed by atoms with van der Waals surface area (Å²) in [6, 6.07) is 4.95. The molecule has 0 aliphatic carbocycles. The predicted octanol–water partition coefficient (Wildman–Crippen LogP) is -0.950. The minimum atomic E-state index is -1.27. The lowest BCUT2D eigenvalue weighted by atomic mass is 9.98. The highest BCUT2D eigenvalue weighted by Gasteiger charge is 2.39. The van der Waals surface area contributed by atoms with E-state index in [9.17, 15) is 0 Å². The van der Waals surface area contributed by atoms with Gasteiger partial charge in [-0.15, -0.1) is 57.8 Å². The third-order valence-electron chi connectivity index (χ3n) is 9.42. The Kier molecular flexibility index (Phi) is 29.6. The molecule has 0 unspecified atom stereocenters. The third kappa shape index (κ3) is 20.7. The summed E-state index contributed by atoms with van der Waals surface area (Å²) in [5.41, 5.74) is 18.1. The average Bonchev–Trinajstić information content (AvgIpc) is 3.33. The maximum atomic E-state index is 6.88. The predicted molar refractivity (Wildman–Crippen MR) is 266 cm³/mol. The van der Waals surface area contributed by atoms with Gasteiger partial charge in [0.25, 0.3) is 0 Å². The van der Waals surface area contributed by atoms with E-state index >= 15 is 0 Å². The zero-order valence-corrected chi connectivity index (χ0v) is 38.9. The molecule has 366 valence electrons. The van der Waals surface area contributed by atoms with Crippen LogP contribution in [0.15, 0.2) is 36.8 Å². The van der Waals surface area contributed by atoms with E-state index in [1.165, 1.54) is 33.6 Å². The molecule has 0 amide bonds. The Labute approximate surface area is 408 Å². The molecule has 0 atom stereocenters. The van der Waals surface area contributed by atoms with Crippen LogP contribution in [0.4, 0.5) is 0 Å². The maximum absolute atomic E-state index is 6.88. The summed E-state index contributed by atoms with van der Waals surface area (Å²) < 4.78 is 51.7. The van der Waals surface area contributed by atoms with Crippen LogP contribution in [0.5, 0.6) is 0 Å². The largest absolute Gasteiger partial charge is 0.397 e. The Bertz CT molecular complexity index is 1820. The molecule has 0 fully saturated rings. The number of rotatable bonds is 36. The molecule has 0 aromatic heterocycles. The van der Waals surface area contributed by atoms with Gasteiger partial charge in [0, 0.05) is 35.3 Å². The highest BCUT2D eigenvalue weighted by Crippen LogP contribution is 2.27. The van der Waals surface area contributed by atoms with Crippen molar-refractivity contribution in [2.75, 3.05) is 119 Å². The topological polar surface area (TPSA) is 249 Å². The van der Waals surface area contributed by atoms with Crippen molar-refractivity contribution in [3.63, 3.8) is 0 Å². The standard InChI is InChI=1S/C51H63N9O9/c1-10-19-61-34-49(35-62-20-11-2,36-63-21-12-3)58(55)31-46(52)43-28-44(47(53)32-59(56)50(37-64-22-13-4,38-65-23-14-5)39-66-24-15-6)30-45(29-43)48(54)33-60(57)51(40-67-25-16-7,41-68-26-17-8)42-69-27-18-9/h1-9,28-33H,19-27,34-42,52-57H2/b46-31-,47-32-,48-33-. The maximum Gasteiger partial charge on any atom is 0.125 e. The van der Waals surface area contributed by atoms with E-state index in [1.54, 1.807) is 18.2 Å². The normalized spacial score (nSPS) is 11.8. The summed E-state index contributed by atoms with van der Waals surface area (Å²) in [4.78, 5) is 0. The fraction of sp³-hybridized carbons (Fsp3) is 0.412. The molecule has 0 saturated carbocycles. The molecule has 1 aromatic rings. The first-order valence-corrected chi connectivity index (χ1v) is 20.6. The highest BCUT2D eigenvalue weighted by molar-refractivity contribution is 5.76. The van der Waals surface area contributed by atoms with Gasteiger partial charge in [0.15, 0.2) is 0 Å². The molecule has 0 aliphatic rings. The van der Waals surface area contributed by atoms with E-state index < -0.39 is 16.6 Å². The van der Waals surface area contributed by atoms with Crippen molar-refractivity contribution in [2.45, 2.75) is 16.6 Å². The molecule has 0 radical (unpaired) electrons. The van der Waals surface area contributed by atoms with Crippen LogP contribution in [0.25, 0.3) is 17.1 Å². The third-order valence-corrected chi connectivity index (χ3v) is 9.42. The van der Waals surface area contributed by atoms with Gasteiger partial charge in [-0.3, -0.25) is 0 Å². The van der Waals surface area contributed by atoms with E-state index in [2.05, 4.69) is 53.3 Å². The molecule has 69 heavy (non-hydrogen) atoms. The molecular weight excluding hydrogens is 883 g/mol. The zero-order valence-electron chi connectivity index (χ0n) is 38.9. The molecule has 12 N–H and O–H groups in total. The average molecular weight is 946 g/mol. The molecule has 0 aliphatic heterocycles. The monoisotopic (exact) mass is 945 g/mol. The number of nitrogens with two attached hydrogens (primary N) is 6. The smallest absolute Gasteiger partial charge is 0.125 e. The first kappa shape index (κ1) is 59.8. The molecular formula is C51H63N9O9. The van der Waals surface area contributed by atoms with Gasteiger partial charge in [-0.2, -0.15) is 0 Å². The zero-order chi connectivity index (χ0) is 51.4. The van der Waals surface area contributed by atoms with Gasteiger partial charge in [-0.05, 0) is 18.2 Å². The number of nitrogens with zero attached hydrogens (tertiary/aromatic N) is 3. The van der Waals surface area contributed by atoms with Crippen molar-refractivity contribution in [2.24, 2.45) is 34.7 Å². The number of hydrazine groups is 3. The van der Waals surface area contributed by atoms with E-state index in [-0.39, 0.29) is 136 Å². The Morgan fingerprint density at radius 2 is 0.493 bits per heavy atom. The van der Waals surface area contributed by atoms with Crippen LogP contribution in [-0.4, -0.2) is 151 Å². The van der Waals surface area contributed by atoms with Crippen molar-refractivity contribution in [1.29, 1.82) is 0 Å². The molecule has 0 saturated heterocycles. The van der Waals surface area contributed by atoms with Crippen LogP contribution >= 0.6 is 0 Å². The summed E-state index contributed by atoms with van der Waals surface area (Å²) >= 11 is 0. The molecule has 0 heterocycles. The van der Waals surface area contributed by atoms with Gasteiger partial charge in [0.1, 0.15) is 76.1 Å². The Balaban J connectivity index is 4.33. The molecule has 18 nitrogen and oxygen atoms in total. The summed E-state index contributed by atoms with van der Waals surface area (Å²) in [7, 11) is 0. The quantitative estimate of drug-likeness (QED) is 0.0205. The van der Waals surface area contributed by atoms with Crippen LogP contribution in [0, 0.1) is 111 Å². The second-order valence-corrected chi connectivity index (χ2v) is 14.7. The van der Waals surface area contributed by atoms with E-state index in [0.717, 1.165) is 0 Å². The number of hydrogen-bond acceptors (Lipinski definition) is 18. The lowest BCUT2D eigenvalue weighted by Gasteiger charge is -2.40. The fourth-order valence-corrected chi connectivity index (χ4v) is 5.96. The van der Waals surface area contributed by atoms with Gasteiger partial charge < -0.3 is 74.9 Å². The van der Waals surface area contributed by atoms with Gasteiger partial charge >= 0.3 is 0 Å². The molecule has 0 spiro atoms. The molecule has 1 rings (SSSR count). The van der Waals surface area contributed by atoms with Crippen LogP contribution in [-0.2, 0) is 42.6 Å². The first-order chi connectivity index (χ1) is 33.3. The number of benzene rings is 1. The van der Waals surface area contributed by atoms with Gasteiger partial charge in [-0.1, -0.05) is 53.3 Å². The lowest BCUT2D eigenvalue weighted by molar-refractivity contribution is -0.0721. The molecule has 18 heteroatoms. The van der Waals surface area contributed by atoms with Crippen molar-refractivity contribution >= 4 is 17.1 Å². The minimum Gasteiger partial charge on any atom is -0.397 e. The summed E-state index contributed by atoms with van der Waals surface area (Å²) in [6.45, 7) is -1.51. The number of terminal acetylenes is 9. The fourth-order valence-electron chi connectivity index (χ4n) is 5.96. The van der Waals surface area contributed by atoms with Gasteiger partial charge in [0.05, 0.1) is 76.6 Å². The lowest BCUT2D eigenvalue weighted by Crippen LogP contribution is -2.59.